The summed E-state index contributed by atoms with van der Waals surface area (Å²) in [6.07, 6.45) is 1.29. The van der Waals surface area contributed by atoms with Crippen LogP contribution in [0.2, 0.25) is 10.0 Å². The molecule has 0 unspecified atom stereocenters. The van der Waals surface area contributed by atoms with Crippen LogP contribution in [0.5, 0.6) is 5.75 Å². The van der Waals surface area contributed by atoms with Crippen LogP contribution in [-0.2, 0) is 14.9 Å². The molecule has 1 N–H and O–H groups in total. The molecule has 0 aliphatic rings. The van der Waals surface area contributed by atoms with E-state index in [2.05, 4.69) is 5.32 Å². The second-order valence-electron chi connectivity index (χ2n) is 7.15. The number of amides is 1. The van der Waals surface area contributed by atoms with E-state index in [9.17, 15) is 18.5 Å². The van der Waals surface area contributed by atoms with Gasteiger partial charge < -0.3 is 9.50 Å². The molecule has 0 radical (unpaired) electrons. The molecule has 0 aromatic heterocycles. The van der Waals surface area contributed by atoms with Gasteiger partial charge in [0.2, 0.25) is 0 Å². The van der Waals surface area contributed by atoms with Crippen LogP contribution >= 0.6 is 23.2 Å². The van der Waals surface area contributed by atoms with Gasteiger partial charge in [0.25, 0.3) is 5.91 Å². The zero-order chi connectivity index (χ0) is 24.2. The molecule has 3 aromatic rings. The van der Waals surface area contributed by atoms with Crippen LogP contribution in [0.4, 0.5) is 5.69 Å². The molecule has 1 amide bonds. The minimum Gasteiger partial charge on any atom is -0.376 e. The van der Waals surface area contributed by atoms with Crippen LogP contribution in [0.25, 0.3) is 6.08 Å². The number of aryl methyl sites for hydroxylation is 2. The van der Waals surface area contributed by atoms with Crippen LogP contribution in [-0.4, -0.2) is 14.3 Å². The molecule has 0 heterocycles. The standard InChI is InChI=1S/C24H18Cl2N2O4S/c1-15-3-7-19(8-4-15)28-24(29)18(14-27)11-17-12-21(25)23(22(26)13-17)32-33(30,31)20-9-5-16(2)6-10-20/h3-13H,1-2H3,(H,28,29)/b18-11+. The Kier molecular flexibility index (Phi) is 7.44. The van der Waals surface area contributed by atoms with Gasteiger partial charge in [-0.1, -0.05) is 58.6 Å². The number of halogens is 2. The molecule has 9 heteroatoms. The molecule has 0 aliphatic heterocycles. The summed E-state index contributed by atoms with van der Waals surface area (Å²) in [6.45, 7) is 3.74. The van der Waals surface area contributed by atoms with Crippen molar-refractivity contribution in [1.82, 2.24) is 0 Å². The lowest BCUT2D eigenvalue weighted by molar-refractivity contribution is -0.112. The van der Waals surface area contributed by atoms with Gasteiger partial charge >= 0.3 is 10.1 Å². The van der Waals surface area contributed by atoms with Crippen molar-refractivity contribution in [2.45, 2.75) is 18.7 Å². The van der Waals surface area contributed by atoms with Gasteiger partial charge in [-0.25, -0.2) is 0 Å². The zero-order valence-corrected chi connectivity index (χ0v) is 19.9. The number of hydrogen-bond acceptors (Lipinski definition) is 5. The van der Waals surface area contributed by atoms with E-state index in [1.165, 1.54) is 30.3 Å². The van der Waals surface area contributed by atoms with Crippen molar-refractivity contribution in [3.63, 3.8) is 0 Å². The maximum atomic E-state index is 12.6. The number of carbonyl (C=O) groups is 1. The fraction of sp³-hybridized carbons (Fsp3) is 0.0833. The number of anilines is 1. The summed E-state index contributed by atoms with van der Waals surface area (Å²) in [5.41, 5.74) is 2.58. The van der Waals surface area contributed by atoms with Crippen molar-refractivity contribution in [2.75, 3.05) is 5.32 Å². The molecule has 168 valence electrons. The normalized spacial score (nSPS) is 11.5. The third-order valence-corrected chi connectivity index (χ3v) is 6.31. The van der Waals surface area contributed by atoms with E-state index in [0.29, 0.717) is 11.3 Å². The molecule has 0 saturated carbocycles. The Balaban J connectivity index is 1.85. The topological polar surface area (TPSA) is 96.3 Å². The molecule has 0 spiro atoms. The van der Waals surface area contributed by atoms with E-state index >= 15 is 0 Å². The van der Waals surface area contributed by atoms with E-state index in [4.69, 9.17) is 27.4 Å². The minimum absolute atomic E-state index is 0.0521. The minimum atomic E-state index is -4.17. The lowest BCUT2D eigenvalue weighted by Gasteiger charge is -2.11. The van der Waals surface area contributed by atoms with E-state index in [1.54, 1.807) is 24.3 Å². The lowest BCUT2D eigenvalue weighted by atomic mass is 10.1. The van der Waals surface area contributed by atoms with Crippen molar-refractivity contribution < 1.29 is 17.4 Å². The molecular weight excluding hydrogens is 483 g/mol. The van der Waals surface area contributed by atoms with Crippen LogP contribution in [0.3, 0.4) is 0 Å². The van der Waals surface area contributed by atoms with Crippen LogP contribution < -0.4 is 9.50 Å². The summed E-state index contributed by atoms with van der Waals surface area (Å²) in [6, 6.07) is 17.7. The number of nitrogens with zero attached hydrogens (tertiary/aromatic N) is 1. The first-order valence-corrected chi connectivity index (χ1v) is 11.8. The highest BCUT2D eigenvalue weighted by Gasteiger charge is 2.21. The van der Waals surface area contributed by atoms with Crippen LogP contribution in [0.15, 0.2) is 71.1 Å². The maximum absolute atomic E-state index is 12.6. The molecule has 33 heavy (non-hydrogen) atoms. The Morgan fingerprint density at radius 2 is 1.48 bits per heavy atom. The molecule has 0 saturated heterocycles. The summed E-state index contributed by atoms with van der Waals surface area (Å²) < 4.78 is 30.3. The Morgan fingerprint density at radius 1 is 0.970 bits per heavy atom. The van der Waals surface area contributed by atoms with Gasteiger partial charge in [0, 0.05) is 5.69 Å². The monoisotopic (exact) mass is 500 g/mol. The summed E-state index contributed by atoms with van der Waals surface area (Å²) in [5.74, 6) is -0.866. The number of rotatable bonds is 6. The first kappa shape index (κ1) is 24.3. The van der Waals surface area contributed by atoms with E-state index in [1.807, 2.05) is 32.0 Å². The molecular formula is C24H18Cl2N2O4S. The molecule has 0 fully saturated rings. The van der Waals surface area contributed by atoms with Gasteiger partial charge in [0.05, 0.1) is 10.0 Å². The highest BCUT2D eigenvalue weighted by molar-refractivity contribution is 7.87. The Labute approximate surface area is 202 Å². The third-order valence-electron chi connectivity index (χ3n) is 4.51. The molecule has 6 nitrogen and oxygen atoms in total. The third kappa shape index (κ3) is 6.14. The van der Waals surface area contributed by atoms with Gasteiger partial charge in [0.1, 0.15) is 16.5 Å². The van der Waals surface area contributed by atoms with Crippen molar-refractivity contribution in [1.29, 1.82) is 5.26 Å². The van der Waals surface area contributed by atoms with Gasteiger partial charge in [-0.05, 0) is 61.9 Å². The Morgan fingerprint density at radius 3 is 2.00 bits per heavy atom. The largest absolute Gasteiger partial charge is 0.376 e. The molecule has 0 atom stereocenters. The van der Waals surface area contributed by atoms with Crippen LogP contribution in [0.1, 0.15) is 16.7 Å². The molecule has 0 bridgehead atoms. The SMILES string of the molecule is Cc1ccc(NC(=O)/C(C#N)=C/c2cc(Cl)c(OS(=O)(=O)c3ccc(C)cc3)c(Cl)c2)cc1. The van der Waals surface area contributed by atoms with E-state index in [-0.39, 0.29) is 26.3 Å². The number of carbonyl (C=O) groups excluding carboxylic acids is 1. The predicted octanol–water partition coefficient (Wildman–Crippen LogP) is 5.92. The first-order chi connectivity index (χ1) is 15.6. The van der Waals surface area contributed by atoms with E-state index in [0.717, 1.165) is 11.1 Å². The molecule has 0 aliphatic carbocycles. The predicted molar refractivity (Wildman–Crippen MR) is 129 cm³/mol. The van der Waals surface area contributed by atoms with E-state index < -0.39 is 16.0 Å². The number of benzene rings is 3. The van der Waals surface area contributed by atoms with Gasteiger partial charge in [-0.3, -0.25) is 4.79 Å². The average molecular weight is 501 g/mol. The summed E-state index contributed by atoms with van der Waals surface area (Å²) in [4.78, 5) is 12.4. The summed E-state index contributed by atoms with van der Waals surface area (Å²) in [7, 11) is -4.17. The zero-order valence-electron chi connectivity index (χ0n) is 17.6. The van der Waals surface area contributed by atoms with Crippen molar-refractivity contribution in [3.8, 4) is 11.8 Å². The number of hydrogen-bond donors (Lipinski definition) is 1. The second-order valence-corrected chi connectivity index (χ2v) is 9.51. The maximum Gasteiger partial charge on any atom is 0.339 e. The van der Waals surface area contributed by atoms with Crippen molar-refractivity contribution in [3.05, 3.63) is 93.0 Å². The van der Waals surface area contributed by atoms with Gasteiger partial charge in [0.15, 0.2) is 5.75 Å². The quantitative estimate of drug-likeness (QED) is 0.257. The molecule has 3 aromatic carbocycles. The first-order valence-electron chi connectivity index (χ1n) is 9.59. The summed E-state index contributed by atoms with van der Waals surface area (Å²) >= 11 is 12.4. The second kappa shape index (κ2) is 10.1. The fourth-order valence-electron chi connectivity index (χ4n) is 2.76. The fourth-order valence-corrected chi connectivity index (χ4v) is 4.39. The van der Waals surface area contributed by atoms with Gasteiger partial charge in [-0.2, -0.15) is 13.7 Å². The van der Waals surface area contributed by atoms with Gasteiger partial charge in [-0.15, -0.1) is 0 Å². The highest BCUT2D eigenvalue weighted by atomic mass is 35.5. The lowest BCUT2D eigenvalue weighted by Crippen LogP contribution is -2.13. The number of nitrogens with one attached hydrogen (secondary N) is 1. The Hall–Kier alpha value is -3.31. The van der Waals surface area contributed by atoms with Crippen LogP contribution in [0, 0.1) is 25.2 Å². The van der Waals surface area contributed by atoms with Crippen molar-refractivity contribution >= 4 is 51.0 Å². The molecule has 3 rings (SSSR count). The summed E-state index contributed by atoms with van der Waals surface area (Å²) in [5, 5.41) is 11.9. The Bertz CT molecular complexity index is 1350. The number of nitriles is 1. The highest BCUT2D eigenvalue weighted by Crippen LogP contribution is 2.36. The average Bonchev–Trinajstić information content (AvgIpc) is 2.76. The van der Waals surface area contributed by atoms with Crippen molar-refractivity contribution in [2.24, 2.45) is 0 Å². The smallest absolute Gasteiger partial charge is 0.339 e.